The maximum absolute atomic E-state index is 13.5. The number of halogens is 1. The van der Waals surface area contributed by atoms with Crippen molar-refractivity contribution < 1.29 is 22.8 Å². The number of hydrogen-bond donors (Lipinski definition) is 1. The first-order valence-electron chi connectivity index (χ1n) is 10.6. The largest absolute Gasteiger partial charge is 0.325 e. The number of carbonyl (C=O) groups excluding carboxylic acids is 3. The van der Waals surface area contributed by atoms with E-state index in [0.717, 1.165) is 11.8 Å². The molecule has 0 radical (unpaired) electrons. The molecule has 0 spiro atoms. The smallest absolute Gasteiger partial charge is 0.267 e. The lowest BCUT2D eigenvalue weighted by atomic mass is 10.1. The number of nitrogens with one attached hydrogen (secondary N) is 1. The van der Waals surface area contributed by atoms with E-state index < -0.39 is 33.6 Å². The molecule has 0 aromatic heterocycles. The molecular weight excluding hydrogens is 530 g/mol. The number of thiocarbonyl (C=S) groups is 1. The van der Waals surface area contributed by atoms with Crippen LogP contribution in [-0.2, 0) is 24.2 Å². The van der Waals surface area contributed by atoms with Crippen molar-refractivity contribution in [2.45, 2.75) is 12.5 Å². The summed E-state index contributed by atoms with van der Waals surface area (Å²) in [4.78, 5) is 42.4. The van der Waals surface area contributed by atoms with Crippen LogP contribution in [0.15, 0.2) is 53.4 Å². The van der Waals surface area contributed by atoms with Gasteiger partial charge in [-0.2, -0.15) is 0 Å². The fourth-order valence-corrected chi connectivity index (χ4v) is 7.66. The van der Waals surface area contributed by atoms with Gasteiger partial charge in [0.15, 0.2) is 9.84 Å². The third-order valence-corrected chi connectivity index (χ3v) is 9.36. The maximum atomic E-state index is 13.5. The van der Waals surface area contributed by atoms with E-state index in [4.69, 9.17) is 23.8 Å². The lowest BCUT2D eigenvalue weighted by molar-refractivity contribution is -0.123. The quantitative estimate of drug-likeness (QED) is 0.463. The SMILES string of the molecule is O=C(CN1C(=O)/C(=C2/SC(=S)N(C3CCS(=O)(=O)C3)C2=O)c2ccccc21)Nc1ccc(Cl)cc1. The Morgan fingerprint density at radius 1 is 1.11 bits per heavy atom. The number of thioether (sulfide) groups is 1. The van der Waals surface area contributed by atoms with Gasteiger partial charge in [-0.25, -0.2) is 8.42 Å². The van der Waals surface area contributed by atoms with Gasteiger partial charge >= 0.3 is 0 Å². The van der Waals surface area contributed by atoms with Crippen molar-refractivity contribution in [2.75, 3.05) is 28.3 Å². The zero-order valence-corrected chi connectivity index (χ0v) is 21.3. The Morgan fingerprint density at radius 2 is 1.83 bits per heavy atom. The molecule has 3 aliphatic heterocycles. The van der Waals surface area contributed by atoms with E-state index in [1.807, 2.05) is 0 Å². The molecule has 0 saturated carbocycles. The number of nitrogens with zero attached hydrogens (tertiary/aromatic N) is 2. The molecule has 1 atom stereocenters. The summed E-state index contributed by atoms with van der Waals surface area (Å²) in [5, 5.41) is 3.27. The molecule has 12 heteroatoms. The van der Waals surface area contributed by atoms with Crippen molar-refractivity contribution in [3.63, 3.8) is 0 Å². The van der Waals surface area contributed by atoms with E-state index in [-0.39, 0.29) is 32.8 Å². The molecule has 5 rings (SSSR count). The lowest BCUT2D eigenvalue weighted by Gasteiger charge is -2.21. The summed E-state index contributed by atoms with van der Waals surface area (Å²) in [6, 6.07) is 13.0. The second-order valence-corrected chi connectivity index (χ2v) is 12.6. The summed E-state index contributed by atoms with van der Waals surface area (Å²) in [6.45, 7) is -0.261. The Balaban J connectivity index is 1.44. The highest BCUT2D eigenvalue weighted by Gasteiger charge is 2.46. The van der Waals surface area contributed by atoms with E-state index in [0.29, 0.717) is 28.4 Å². The molecule has 35 heavy (non-hydrogen) atoms. The fourth-order valence-electron chi connectivity index (χ4n) is 4.36. The van der Waals surface area contributed by atoms with Gasteiger partial charge in [-0.05, 0) is 36.8 Å². The number of para-hydroxylation sites is 1. The molecule has 3 heterocycles. The fraction of sp³-hybridized carbons (Fsp3) is 0.217. The summed E-state index contributed by atoms with van der Waals surface area (Å²) in [7, 11) is -3.23. The minimum atomic E-state index is -3.23. The first-order valence-corrected chi connectivity index (χ1v) is 14.0. The number of amides is 3. The summed E-state index contributed by atoms with van der Waals surface area (Å²) in [6.07, 6.45) is 0.304. The molecular formula is C23H18ClN3O5S3. The third kappa shape index (κ3) is 4.49. The second kappa shape index (κ2) is 9.05. The van der Waals surface area contributed by atoms with Crippen LogP contribution in [0.1, 0.15) is 12.0 Å². The van der Waals surface area contributed by atoms with Crippen molar-refractivity contribution in [1.29, 1.82) is 0 Å². The van der Waals surface area contributed by atoms with Crippen molar-refractivity contribution in [2.24, 2.45) is 0 Å². The molecule has 8 nitrogen and oxygen atoms in total. The van der Waals surface area contributed by atoms with Crippen LogP contribution in [0.3, 0.4) is 0 Å². The van der Waals surface area contributed by atoms with Crippen LogP contribution in [0.25, 0.3) is 5.57 Å². The number of benzene rings is 2. The Bertz CT molecular complexity index is 1420. The normalized spacial score (nSPS) is 23.2. The number of rotatable bonds is 4. The molecule has 3 aliphatic rings. The maximum Gasteiger partial charge on any atom is 0.267 e. The molecule has 2 saturated heterocycles. The third-order valence-electron chi connectivity index (χ3n) is 5.95. The van der Waals surface area contributed by atoms with E-state index >= 15 is 0 Å². The van der Waals surface area contributed by atoms with Gasteiger partial charge in [-0.3, -0.25) is 24.2 Å². The molecule has 3 amide bonds. The molecule has 0 bridgehead atoms. The van der Waals surface area contributed by atoms with Gasteiger partial charge in [0.2, 0.25) is 5.91 Å². The number of hydrogen-bond acceptors (Lipinski definition) is 7. The number of sulfone groups is 1. The Hall–Kier alpha value is -2.73. The van der Waals surface area contributed by atoms with Crippen LogP contribution in [0.4, 0.5) is 11.4 Å². The van der Waals surface area contributed by atoms with E-state index in [2.05, 4.69) is 5.32 Å². The molecule has 2 aromatic rings. The number of anilines is 2. The van der Waals surface area contributed by atoms with Crippen LogP contribution in [0, 0.1) is 0 Å². The van der Waals surface area contributed by atoms with Gasteiger partial charge < -0.3 is 5.32 Å². The van der Waals surface area contributed by atoms with E-state index in [1.54, 1.807) is 48.5 Å². The predicted molar refractivity (Wildman–Crippen MR) is 140 cm³/mol. The standard InChI is InChI=1S/C23H18ClN3O5S3/c24-13-5-7-14(8-6-13)25-18(28)11-26-17-4-2-1-3-16(17)19(21(26)29)20-22(30)27(23(33)34-20)15-9-10-35(31,32)12-15/h1-8,15H,9-12H2,(H,25,28)/b20-19+. The lowest BCUT2D eigenvalue weighted by Crippen LogP contribution is -2.39. The highest BCUT2D eigenvalue weighted by atomic mass is 35.5. The Morgan fingerprint density at radius 3 is 2.51 bits per heavy atom. The minimum absolute atomic E-state index is 0.00109. The summed E-state index contributed by atoms with van der Waals surface area (Å²) < 4.78 is 24.1. The van der Waals surface area contributed by atoms with Crippen LogP contribution in [0.2, 0.25) is 5.02 Å². The summed E-state index contributed by atoms with van der Waals surface area (Å²) >= 11 is 12.3. The summed E-state index contributed by atoms with van der Waals surface area (Å²) in [5.74, 6) is -1.53. The van der Waals surface area contributed by atoms with Gasteiger partial charge in [-0.15, -0.1) is 0 Å². The Kier molecular flexibility index (Phi) is 6.20. The minimum Gasteiger partial charge on any atom is -0.325 e. The topological polar surface area (TPSA) is 104 Å². The zero-order chi connectivity index (χ0) is 24.9. The zero-order valence-electron chi connectivity index (χ0n) is 18.1. The molecule has 1 unspecified atom stereocenters. The number of fused-ring (bicyclic) bond motifs is 1. The average Bonchev–Trinajstić information content (AvgIpc) is 3.40. The predicted octanol–water partition coefficient (Wildman–Crippen LogP) is 3.08. The van der Waals surface area contributed by atoms with Gasteiger partial charge in [0.25, 0.3) is 11.8 Å². The summed E-state index contributed by atoms with van der Waals surface area (Å²) in [5.41, 5.74) is 1.73. The molecule has 0 aliphatic carbocycles. The first kappa shape index (κ1) is 24.0. The monoisotopic (exact) mass is 547 g/mol. The molecule has 1 N–H and O–H groups in total. The van der Waals surface area contributed by atoms with Gasteiger partial charge in [0.1, 0.15) is 10.9 Å². The van der Waals surface area contributed by atoms with Crippen molar-refractivity contribution in [1.82, 2.24) is 4.90 Å². The van der Waals surface area contributed by atoms with Crippen LogP contribution in [0.5, 0.6) is 0 Å². The average molecular weight is 548 g/mol. The van der Waals surface area contributed by atoms with E-state index in [9.17, 15) is 22.8 Å². The van der Waals surface area contributed by atoms with Gasteiger partial charge in [0, 0.05) is 16.3 Å². The van der Waals surface area contributed by atoms with Gasteiger partial charge in [-0.1, -0.05) is 53.8 Å². The first-order chi connectivity index (χ1) is 16.6. The van der Waals surface area contributed by atoms with Crippen molar-refractivity contribution in [3.05, 3.63) is 64.0 Å². The number of carbonyl (C=O) groups is 3. The van der Waals surface area contributed by atoms with Crippen LogP contribution >= 0.6 is 35.6 Å². The Labute approximate surface area is 216 Å². The van der Waals surface area contributed by atoms with Crippen molar-refractivity contribution in [3.8, 4) is 0 Å². The van der Waals surface area contributed by atoms with E-state index in [1.165, 1.54) is 9.80 Å². The highest BCUT2D eigenvalue weighted by molar-refractivity contribution is 8.26. The van der Waals surface area contributed by atoms with Crippen LogP contribution < -0.4 is 10.2 Å². The molecule has 2 aromatic carbocycles. The molecule has 180 valence electrons. The highest BCUT2D eigenvalue weighted by Crippen LogP contribution is 2.45. The second-order valence-electron chi connectivity index (χ2n) is 8.27. The molecule has 2 fully saturated rings. The van der Waals surface area contributed by atoms with Crippen LogP contribution in [-0.4, -0.2) is 59.5 Å². The van der Waals surface area contributed by atoms with Crippen molar-refractivity contribution >= 4 is 84.4 Å². The van der Waals surface area contributed by atoms with Gasteiger partial charge in [0.05, 0.1) is 33.7 Å².